The molecule has 1 saturated heterocycles. The molecule has 0 bridgehead atoms. The maximum atomic E-state index is 6.15. The summed E-state index contributed by atoms with van der Waals surface area (Å²) >= 11 is 2.32. The predicted octanol–water partition coefficient (Wildman–Crippen LogP) is 2.75. The van der Waals surface area contributed by atoms with Crippen LogP contribution in [-0.2, 0) is 4.74 Å². The minimum Gasteiger partial charge on any atom is -0.489 e. The Hall–Kier alpha value is -1.02. The van der Waals surface area contributed by atoms with Crippen molar-refractivity contribution in [1.29, 1.82) is 0 Å². The van der Waals surface area contributed by atoms with Gasteiger partial charge >= 0.3 is 0 Å². The molecule has 1 heterocycles. The Labute approximate surface area is 152 Å². The second-order valence-corrected chi connectivity index (χ2v) is 6.72. The summed E-state index contributed by atoms with van der Waals surface area (Å²) in [6.45, 7) is 3.60. The first kappa shape index (κ1) is 18.3. The van der Waals surface area contributed by atoms with E-state index in [0.717, 1.165) is 57.2 Å². The van der Waals surface area contributed by atoms with Gasteiger partial charge in [0.15, 0.2) is 5.96 Å². The molecule has 1 N–H and O–H groups in total. The molecule has 0 aliphatic carbocycles. The molecule has 1 aliphatic rings. The van der Waals surface area contributed by atoms with Gasteiger partial charge in [-0.05, 0) is 41.1 Å². The second-order valence-electron chi connectivity index (χ2n) is 5.56. The number of para-hydroxylation sites is 1. The first-order valence-corrected chi connectivity index (χ1v) is 9.18. The predicted molar refractivity (Wildman–Crippen MR) is 102 cm³/mol. The average molecular weight is 431 g/mol. The first-order valence-electron chi connectivity index (χ1n) is 8.10. The van der Waals surface area contributed by atoms with Gasteiger partial charge in [-0.25, -0.2) is 0 Å². The van der Waals surface area contributed by atoms with E-state index in [1.807, 2.05) is 25.2 Å². The fraction of sp³-hybridized carbons (Fsp3) is 0.588. The summed E-state index contributed by atoms with van der Waals surface area (Å²) in [6, 6.07) is 8.19. The molecule has 0 radical (unpaired) electrons. The molecule has 0 saturated carbocycles. The molecule has 23 heavy (non-hydrogen) atoms. The first-order chi connectivity index (χ1) is 11.2. The minimum atomic E-state index is 0.286. The van der Waals surface area contributed by atoms with Crippen LogP contribution in [0.4, 0.5) is 0 Å². The molecular formula is C17H26IN3O2. The molecule has 6 heteroatoms. The van der Waals surface area contributed by atoms with Crippen molar-refractivity contribution in [1.82, 2.24) is 10.2 Å². The Kier molecular flexibility index (Phi) is 7.94. The number of guanidine groups is 1. The van der Waals surface area contributed by atoms with Crippen LogP contribution in [0.1, 0.15) is 19.3 Å². The number of piperidine rings is 1. The zero-order valence-electron chi connectivity index (χ0n) is 13.9. The van der Waals surface area contributed by atoms with E-state index in [1.165, 1.54) is 3.57 Å². The summed E-state index contributed by atoms with van der Waals surface area (Å²) in [4.78, 5) is 6.69. The normalized spacial score (nSPS) is 16.5. The molecule has 0 atom stereocenters. The molecule has 5 nitrogen and oxygen atoms in total. The molecule has 0 amide bonds. The van der Waals surface area contributed by atoms with E-state index in [-0.39, 0.29) is 6.10 Å². The van der Waals surface area contributed by atoms with Crippen molar-refractivity contribution in [3.05, 3.63) is 27.8 Å². The second kappa shape index (κ2) is 9.97. The molecular weight excluding hydrogens is 405 g/mol. The Morgan fingerprint density at radius 2 is 2.09 bits per heavy atom. The lowest BCUT2D eigenvalue weighted by Gasteiger charge is -2.34. The van der Waals surface area contributed by atoms with Gasteiger partial charge in [-0.3, -0.25) is 4.99 Å². The van der Waals surface area contributed by atoms with Gasteiger partial charge in [0.1, 0.15) is 11.9 Å². The number of aliphatic imine (C=N–C) groups is 1. The lowest BCUT2D eigenvalue weighted by Crippen LogP contribution is -2.47. The number of hydrogen-bond donors (Lipinski definition) is 1. The number of rotatable bonds is 6. The molecule has 1 aliphatic heterocycles. The van der Waals surface area contributed by atoms with Crippen LogP contribution in [0.2, 0.25) is 0 Å². The van der Waals surface area contributed by atoms with Crippen LogP contribution in [0, 0.1) is 3.57 Å². The molecule has 0 unspecified atom stereocenters. The van der Waals surface area contributed by atoms with Crippen molar-refractivity contribution >= 4 is 28.6 Å². The number of hydrogen-bond acceptors (Lipinski definition) is 3. The highest BCUT2D eigenvalue weighted by atomic mass is 127. The topological polar surface area (TPSA) is 46.1 Å². The van der Waals surface area contributed by atoms with Gasteiger partial charge in [-0.15, -0.1) is 0 Å². The van der Waals surface area contributed by atoms with Gasteiger partial charge in [-0.2, -0.15) is 0 Å². The van der Waals surface area contributed by atoms with Crippen LogP contribution in [0.3, 0.4) is 0 Å². The number of halogens is 1. The highest BCUT2D eigenvalue weighted by molar-refractivity contribution is 14.1. The monoisotopic (exact) mass is 431 g/mol. The lowest BCUT2D eigenvalue weighted by molar-refractivity contribution is 0.128. The fourth-order valence-electron chi connectivity index (χ4n) is 2.65. The van der Waals surface area contributed by atoms with Gasteiger partial charge in [-0.1, -0.05) is 12.1 Å². The fourth-order valence-corrected chi connectivity index (χ4v) is 3.17. The van der Waals surface area contributed by atoms with Crippen LogP contribution in [-0.4, -0.2) is 57.4 Å². The third-order valence-corrected chi connectivity index (χ3v) is 4.78. The Bertz CT molecular complexity index is 502. The molecule has 0 spiro atoms. The Balaban J connectivity index is 1.77. The van der Waals surface area contributed by atoms with E-state index in [2.05, 4.69) is 43.9 Å². The van der Waals surface area contributed by atoms with E-state index < -0.39 is 0 Å². The number of methoxy groups -OCH3 is 1. The molecule has 1 aromatic rings. The van der Waals surface area contributed by atoms with Crippen molar-refractivity contribution in [2.24, 2.45) is 4.99 Å². The smallest absolute Gasteiger partial charge is 0.193 e. The molecule has 0 aromatic heterocycles. The summed E-state index contributed by atoms with van der Waals surface area (Å²) in [5.41, 5.74) is 0. The van der Waals surface area contributed by atoms with Crippen molar-refractivity contribution in [2.75, 3.05) is 40.4 Å². The number of benzene rings is 1. The molecule has 1 aromatic carbocycles. The van der Waals surface area contributed by atoms with Crippen molar-refractivity contribution in [3.8, 4) is 5.75 Å². The van der Waals surface area contributed by atoms with Crippen LogP contribution in [0.25, 0.3) is 0 Å². The SMILES string of the molecule is CN=C(NCCCOC)N1CCC(Oc2ccccc2I)CC1. The lowest BCUT2D eigenvalue weighted by atomic mass is 10.1. The minimum absolute atomic E-state index is 0.286. The van der Waals surface area contributed by atoms with Gasteiger partial charge in [0.05, 0.1) is 3.57 Å². The molecule has 2 rings (SSSR count). The Morgan fingerprint density at radius 3 is 2.74 bits per heavy atom. The van der Waals surface area contributed by atoms with Crippen LogP contribution < -0.4 is 10.1 Å². The van der Waals surface area contributed by atoms with Crippen molar-refractivity contribution < 1.29 is 9.47 Å². The van der Waals surface area contributed by atoms with Gasteiger partial charge in [0, 0.05) is 53.2 Å². The van der Waals surface area contributed by atoms with Gasteiger partial charge < -0.3 is 19.7 Å². The zero-order valence-corrected chi connectivity index (χ0v) is 16.1. The zero-order chi connectivity index (χ0) is 16.5. The van der Waals surface area contributed by atoms with Gasteiger partial charge in [0.25, 0.3) is 0 Å². The maximum Gasteiger partial charge on any atom is 0.193 e. The van der Waals surface area contributed by atoms with E-state index in [1.54, 1.807) is 7.11 Å². The molecule has 1 fully saturated rings. The van der Waals surface area contributed by atoms with Crippen LogP contribution in [0.15, 0.2) is 29.3 Å². The summed E-state index contributed by atoms with van der Waals surface area (Å²) in [6.07, 6.45) is 3.31. The summed E-state index contributed by atoms with van der Waals surface area (Å²) in [5.74, 6) is 1.97. The van der Waals surface area contributed by atoms with E-state index in [9.17, 15) is 0 Å². The third kappa shape index (κ3) is 5.84. The number of ether oxygens (including phenoxy) is 2. The van der Waals surface area contributed by atoms with Gasteiger partial charge in [0.2, 0.25) is 0 Å². The highest BCUT2D eigenvalue weighted by Gasteiger charge is 2.23. The van der Waals surface area contributed by atoms with Crippen molar-refractivity contribution in [2.45, 2.75) is 25.4 Å². The maximum absolute atomic E-state index is 6.15. The highest BCUT2D eigenvalue weighted by Crippen LogP contribution is 2.24. The van der Waals surface area contributed by atoms with E-state index in [0.29, 0.717) is 0 Å². The Morgan fingerprint density at radius 1 is 1.35 bits per heavy atom. The summed E-state index contributed by atoms with van der Waals surface area (Å²) in [7, 11) is 3.57. The van der Waals surface area contributed by atoms with E-state index >= 15 is 0 Å². The standard InChI is InChI=1S/C17H26IN3O2/c1-19-17(20-10-5-13-22-2)21-11-8-14(9-12-21)23-16-7-4-3-6-15(16)18/h3-4,6-7,14H,5,8-13H2,1-2H3,(H,19,20). The van der Waals surface area contributed by atoms with E-state index in [4.69, 9.17) is 9.47 Å². The number of likely N-dealkylation sites (tertiary alicyclic amines) is 1. The number of nitrogens with zero attached hydrogens (tertiary/aromatic N) is 2. The molecule has 128 valence electrons. The summed E-state index contributed by atoms with van der Waals surface area (Å²) < 4.78 is 12.4. The average Bonchev–Trinajstić information content (AvgIpc) is 2.58. The van der Waals surface area contributed by atoms with Crippen molar-refractivity contribution in [3.63, 3.8) is 0 Å². The number of nitrogens with one attached hydrogen (secondary N) is 1. The summed E-state index contributed by atoms with van der Waals surface area (Å²) in [5, 5.41) is 3.40. The quantitative estimate of drug-likeness (QED) is 0.326. The third-order valence-electron chi connectivity index (χ3n) is 3.89. The largest absolute Gasteiger partial charge is 0.489 e. The van der Waals surface area contributed by atoms with Crippen LogP contribution >= 0.6 is 22.6 Å². The van der Waals surface area contributed by atoms with Crippen LogP contribution in [0.5, 0.6) is 5.75 Å².